The maximum Gasteiger partial charge on any atom is 0.0633 e. The Bertz CT molecular complexity index is 388. The van der Waals surface area contributed by atoms with Crippen LogP contribution in [-0.2, 0) is 12.8 Å². The van der Waals surface area contributed by atoms with Crippen LogP contribution < -0.4 is 5.73 Å². The van der Waals surface area contributed by atoms with Crippen LogP contribution in [0.5, 0.6) is 0 Å². The number of benzene rings is 1. The third-order valence-corrected chi connectivity index (χ3v) is 4.38. The van der Waals surface area contributed by atoms with E-state index >= 15 is 0 Å². The predicted molar refractivity (Wildman–Crippen MR) is 96.5 cm³/mol. The summed E-state index contributed by atoms with van der Waals surface area (Å²) in [6.07, 6.45) is 10.5. The van der Waals surface area contributed by atoms with E-state index in [1.807, 2.05) is 0 Å². The standard InChI is InChI=1S/C19H33NO2.H2O/c1-2-3-4-5-6-7-8-17-9-11-18(12-10-17)13-14-19(20,15-21)16-22;/h9-12,21-22H,2-8,13-16,20H2,1H3;1H2. The van der Waals surface area contributed by atoms with E-state index < -0.39 is 5.54 Å². The summed E-state index contributed by atoms with van der Waals surface area (Å²) in [7, 11) is 0. The van der Waals surface area contributed by atoms with Gasteiger partial charge in [-0.1, -0.05) is 63.3 Å². The number of aliphatic hydroxyl groups excluding tert-OH is 2. The minimum atomic E-state index is -0.864. The quantitative estimate of drug-likeness (QED) is 0.515. The number of aryl methyl sites for hydroxylation is 2. The van der Waals surface area contributed by atoms with Crippen molar-refractivity contribution < 1.29 is 15.7 Å². The summed E-state index contributed by atoms with van der Waals surface area (Å²) >= 11 is 0. The predicted octanol–water partition coefficient (Wildman–Crippen LogP) is 2.38. The second kappa shape index (κ2) is 12.5. The van der Waals surface area contributed by atoms with Crippen molar-refractivity contribution in [1.82, 2.24) is 0 Å². The Hall–Kier alpha value is -0.940. The fraction of sp³-hybridized carbons (Fsp3) is 0.684. The molecule has 0 aliphatic heterocycles. The first-order valence-corrected chi connectivity index (χ1v) is 8.72. The Kier molecular flexibility index (Phi) is 12.0. The van der Waals surface area contributed by atoms with Gasteiger partial charge in [0.15, 0.2) is 0 Å². The van der Waals surface area contributed by atoms with Crippen molar-refractivity contribution in [3.63, 3.8) is 0 Å². The van der Waals surface area contributed by atoms with Crippen molar-refractivity contribution in [2.75, 3.05) is 13.2 Å². The molecule has 0 saturated heterocycles. The molecule has 0 radical (unpaired) electrons. The molecule has 1 aromatic rings. The van der Waals surface area contributed by atoms with E-state index in [2.05, 4.69) is 31.2 Å². The monoisotopic (exact) mass is 325 g/mol. The van der Waals surface area contributed by atoms with Gasteiger partial charge in [-0.05, 0) is 36.8 Å². The van der Waals surface area contributed by atoms with Gasteiger partial charge in [-0.15, -0.1) is 0 Å². The summed E-state index contributed by atoms with van der Waals surface area (Å²) in [6.45, 7) is 1.89. The van der Waals surface area contributed by atoms with Gasteiger partial charge in [0.05, 0.1) is 18.8 Å². The highest BCUT2D eigenvalue weighted by Crippen LogP contribution is 2.14. The van der Waals surface area contributed by atoms with Gasteiger partial charge in [-0.25, -0.2) is 0 Å². The Labute approximate surface area is 141 Å². The smallest absolute Gasteiger partial charge is 0.0633 e. The Balaban J connectivity index is 0.00000484. The summed E-state index contributed by atoms with van der Waals surface area (Å²) in [5.74, 6) is 0. The van der Waals surface area contributed by atoms with Crippen LogP contribution in [0.3, 0.4) is 0 Å². The zero-order valence-electron chi connectivity index (χ0n) is 14.6. The maximum absolute atomic E-state index is 9.20. The van der Waals surface area contributed by atoms with Gasteiger partial charge in [-0.2, -0.15) is 0 Å². The van der Waals surface area contributed by atoms with Crippen LogP contribution in [0.1, 0.15) is 63.0 Å². The zero-order chi connectivity index (χ0) is 16.3. The molecule has 0 unspecified atom stereocenters. The van der Waals surface area contributed by atoms with Gasteiger partial charge >= 0.3 is 0 Å². The van der Waals surface area contributed by atoms with Crippen LogP contribution in [0.4, 0.5) is 0 Å². The second-order valence-corrected chi connectivity index (χ2v) is 6.51. The molecule has 4 heteroatoms. The van der Waals surface area contributed by atoms with Gasteiger partial charge < -0.3 is 21.4 Å². The van der Waals surface area contributed by atoms with Crippen LogP contribution in [0, 0.1) is 0 Å². The van der Waals surface area contributed by atoms with E-state index in [-0.39, 0.29) is 18.7 Å². The summed E-state index contributed by atoms with van der Waals surface area (Å²) in [4.78, 5) is 0. The van der Waals surface area contributed by atoms with Gasteiger partial charge in [0.25, 0.3) is 0 Å². The van der Waals surface area contributed by atoms with Gasteiger partial charge in [0.2, 0.25) is 0 Å². The summed E-state index contributed by atoms with van der Waals surface area (Å²) in [5.41, 5.74) is 7.63. The Morgan fingerprint density at radius 3 is 1.83 bits per heavy atom. The summed E-state index contributed by atoms with van der Waals surface area (Å²) in [5, 5.41) is 18.4. The first-order valence-electron chi connectivity index (χ1n) is 8.72. The topological polar surface area (TPSA) is 98.0 Å². The molecule has 4 nitrogen and oxygen atoms in total. The van der Waals surface area contributed by atoms with Crippen LogP contribution >= 0.6 is 0 Å². The molecule has 6 N–H and O–H groups in total. The lowest BCUT2D eigenvalue weighted by molar-refractivity contribution is 0.115. The lowest BCUT2D eigenvalue weighted by atomic mass is 9.93. The Morgan fingerprint density at radius 2 is 1.30 bits per heavy atom. The molecule has 0 aromatic heterocycles. The lowest BCUT2D eigenvalue weighted by Gasteiger charge is -2.24. The summed E-state index contributed by atoms with van der Waals surface area (Å²) < 4.78 is 0. The molecule has 0 fully saturated rings. The molecule has 0 spiro atoms. The normalized spacial score (nSPS) is 11.3. The SMILES string of the molecule is CCCCCCCCc1ccc(CCC(N)(CO)CO)cc1.O. The average molecular weight is 325 g/mol. The van der Waals surface area contributed by atoms with E-state index in [4.69, 9.17) is 5.73 Å². The van der Waals surface area contributed by atoms with Crippen molar-refractivity contribution in [1.29, 1.82) is 0 Å². The average Bonchev–Trinajstić information content (AvgIpc) is 2.57. The number of rotatable bonds is 12. The molecule has 134 valence electrons. The van der Waals surface area contributed by atoms with E-state index in [1.165, 1.54) is 49.7 Å². The highest BCUT2D eigenvalue weighted by molar-refractivity contribution is 5.23. The van der Waals surface area contributed by atoms with Crippen molar-refractivity contribution >= 4 is 0 Å². The molecule has 1 aromatic carbocycles. The number of aliphatic hydroxyl groups is 2. The number of hydrogen-bond acceptors (Lipinski definition) is 3. The molecular formula is C19H35NO3. The van der Waals surface area contributed by atoms with Crippen molar-refractivity contribution in [2.45, 2.75) is 70.3 Å². The van der Waals surface area contributed by atoms with E-state index in [9.17, 15) is 10.2 Å². The third-order valence-electron chi connectivity index (χ3n) is 4.38. The number of nitrogens with two attached hydrogens (primary N) is 1. The minimum Gasteiger partial charge on any atom is -0.412 e. The van der Waals surface area contributed by atoms with Crippen molar-refractivity contribution in [2.24, 2.45) is 5.73 Å². The van der Waals surface area contributed by atoms with E-state index in [0.717, 1.165) is 12.8 Å². The molecule has 0 saturated carbocycles. The Morgan fingerprint density at radius 1 is 0.826 bits per heavy atom. The number of hydrogen-bond donors (Lipinski definition) is 3. The second-order valence-electron chi connectivity index (χ2n) is 6.51. The molecule has 0 bridgehead atoms. The van der Waals surface area contributed by atoms with Crippen molar-refractivity contribution in [3.05, 3.63) is 35.4 Å². The molecule has 0 amide bonds. The maximum atomic E-state index is 9.20. The van der Waals surface area contributed by atoms with Crippen LogP contribution in [0.2, 0.25) is 0 Å². The van der Waals surface area contributed by atoms with Crippen LogP contribution in [0.15, 0.2) is 24.3 Å². The summed E-state index contributed by atoms with van der Waals surface area (Å²) in [6, 6.07) is 8.66. The molecule has 23 heavy (non-hydrogen) atoms. The van der Waals surface area contributed by atoms with Gasteiger partial charge in [-0.3, -0.25) is 0 Å². The molecule has 0 heterocycles. The molecular weight excluding hydrogens is 290 g/mol. The number of unbranched alkanes of at least 4 members (excludes halogenated alkanes) is 5. The molecule has 0 atom stereocenters. The van der Waals surface area contributed by atoms with Crippen LogP contribution in [-0.4, -0.2) is 34.4 Å². The highest BCUT2D eigenvalue weighted by Gasteiger charge is 2.22. The highest BCUT2D eigenvalue weighted by atomic mass is 16.3. The van der Waals surface area contributed by atoms with Crippen LogP contribution in [0.25, 0.3) is 0 Å². The first-order chi connectivity index (χ1) is 10.6. The van der Waals surface area contributed by atoms with Gasteiger partial charge in [0.1, 0.15) is 0 Å². The third kappa shape index (κ3) is 9.06. The largest absolute Gasteiger partial charge is 0.412 e. The zero-order valence-corrected chi connectivity index (χ0v) is 14.6. The fourth-order valence-corrected chi connectivity index (χ4v) is 2.58. The van der Waals surface area contributed by atoms with E-state index in [1.54, 1.807) is 0 Å². The van der Waals surface area contributed by atoms with Crippen molar-refractivity contribution in [3.8, 4) is 0 Å². The molecule has 0 aliphatic rings. The first kappa shape index (κ1) is 22.1. The lowest BCUT2D eigenvalue weighted by Crippen LogP contribution is -2.47. The molecule has 0 aliphatic carbocycles. The molecule has 1 rings (SSSR count). The van der Waals surface area contributed by atoms with E-state index in [0.29, 0.717) is 6.42 Å². The van der Waals surface area contributed by atoms with Gasteiger partial charge in [0, 0.05) is 0 Å². The minimum absolute atomic E-state index is 0. The fourth-order valence-electron chi connectivity index (χ4n) is 2.58.